The predicted molar refractivity (Wildman–Crippen MR) is 83.5 cm³/mol. The second kappa shape index (κ2) is 6.48. The van der Waals surface area contributed by atoms with Gasteiger partial charge in [-0.3, -0.25) is 0 Å². The zero-order valence-electron chi connectivity index (χ0n) is 13.0. The Kier molecular flexibility index (Phi) is 5.08. The first-order chi connectivity index (χ1) is 9.83. The van der Waals surface area contributed by atoms with Crippen molar-refractivity contribution in [1.82, 2.24) is 14.2 Å². The Morgan fingerprint density at radius 3 is 2.48 bits per heavy atom. The largest absolute Gasteiger partial charge is 0.346 e. The number of likely N-dealkylation sites (tertiary alicyclic amines) is 1. The maximum Gasteiger partial charge on any atom is 0.242 e. The Morgan fingerprint density at radius 2 is 2.00 bits per heavy atom. The summed E-state index contributed by atoms with van der Waals surface area (Å²) in [7, 11) is -1.41. The van der Waals surface area contributed by atoms with Gasteiger partial charge in [-0.05, 0) is 52.9 Å². The first kappa shape index (κ1) is 16.5. The van der Waals surface area contributed by atoms with E-state index in [0.29, 0.717) is 11.4 Å². The van der Waals surface area contributed by atoms with Crippen LogP contribution in [0.2, 0.25) is 0 Å². The third-order valence-electron chi connectivity index (χ3n) is 4.02. The molecule has 1 aromatic rings. The minimum Gasteiger partial charge on any atom is -0.346 e. The van der Waals surface area contributed by atoms with E-state index in [1.165, 1.54) is 0 Å². The van der Waals surface area contributed by atoms with Crippen LogP contribution in [-0.2, 0) is 16.6 Å². The minimum absolute atomic E-state index is 0.0231. The smallest absolute Gasteiger partial charge is 0.242 e. The molecule has 1 fully saturated rings. The highest BCUT2D eigenvalue weighted by Crippen LogP contribution is 2.20. The molecule has 0 unspecified atom stereocenters. The summed E-state index contributed by atoms with van der Waals surface area (Å²) in [4.78, 5) is 2.53. The molecule has 1 aliphatic rings. The van der Waals surface area contributed by atoms with Gasteiger partial charge in [0.1, 0.15) is 0 Å². The molecule has 1 aromatic heterocycles. The van der Waals surface area contributed by atoms with Crippen LogP contribution in [0.25, 0.3) is 0 Å². The van der Waals surface area contributed by atoms with Gasteiger partial charge in [0.2, 0.25) is 10.0 Å². The Morgan fingerprint density at radius 1 is 1.38 bits per heavy atom. The van der Waals surface area contributed by atoms with E-state index in [1.807, 2.05) is 18.4 Å². The monoisotopic (exact) mass is 314 g/mol. The van der Waals surface area contributed by atoms with Crippen LogP contribution in [0.15, 0.2) is 17.2 Å². The number of nitrogens with zero attached hydrogens (tertiary/aromatic N) is 2. The van der Waals surface area contributed by atoms with Crippen LogP contribution < -0.4 is 10.5 Å². The van der Waals surface area contributed by atoms with E-state index >= 15 is 0 Å². The fourth-order valence-corrected chi connectivity index (χ4v) is 4.06. The van der Waals surface area contributed by atoms with E-state index < -0.39 is 10.0 Å². The van der Waals surface area contributed by atoms with E-state index in [1.54, 1.807) is 12.3 Å². The van der Waals surface area contributed by atoms with Gasteiger partial charge in [0.15, 0.2) is 0 Å². The third-order valence-corrected chi connectivity index (χ3v) is 5.51. The van der Waals surface area contributed by atoms with E-state index in [2.05, 4.69) is 16.7 Å². The zero-order chi connectivity index (χ0) is 15.6. The van der Waals surface area contributed by atoms with Gasteiger partial charge < -0.3 is 15.2 Å². The average molecular weight is 314 g/mol. The van der Waals surface area contributed by atoms with Crippen molar-refractivity contribution in [2.75, 3.05) is 20.1 Å². The van der Waals surface area contributed by atoms with Crippen molar-refractivity contribution >= 4 is 10.0 Å². The summed E-state index contributed by atoms with van der Waals surface area (Å²) in [6.45, 7) is 6.21. The normalized spacial score (nSPS) is 18.5. The molecule has 1 aliphatic heterocycles. The van der Waals surface area contributed by atoms with Crippen LogP contribution in [0.3, 0.4) is 0 Å². The Hall–Kier alpha value is -0.890. The number of aromatic nitrogens is 1. The Balaban J connectivity index is 2.16. The van der Waals surface area contributed by atoms with Crippen LogP contribution >= 0.6 is 0 Å². The summed E-state index contributed by atoms with van der Waals surface area (Å²) in [6.07, 6.45) is 3.39. The second-order valence-electron chi connectivity index (χ2n) is 6.07. The molecule has 7 heteroatoms. The van der Waals surface area contributed by atoms with Gasteiger partial charge in [-0.15, -0.1) is 0 Å². The Labute approximate surface area is 127 Å². The SMILES string of the molecule is CC(C)n1cc(S(=O)(=O)NC2CCN(C)CC2)cc1CN. The number of hydrogen-bond acceptors (Lipinski definition) is 4. The van der Waals surface area contributed by atoms with Gasteiger partial charge in [-0.25, -0.2) is 13.1 Å². The highest BCUT2D eigenvalue weighted by molar-refractivity contribution is 7.89. The van der Waals surface area contributed by atoms with Gasteiger partial charge in [0, 0.05) is 30.5 Å². The van der Waals surface area contributed by atoms with Gasteiger partial charge in [-0.2, -0.15) is 0 Å². The standard InChI is InChI=1S/C14H26N4O2S/c1-11(2)18-10-14(8-13(18)9-15)21(19,20)16-12-4-6-17(3)7-5-12/h8,10-12,16H,4-7,9,15H2,1-3H3. The van der Waals surface area contributed by atoms with Crippen LogP contribution in [0.4, 0.5) is 0 Å². The molecule has 0 radical (unpaired) electrons. The van der Waals surface area contributed by atoms with Crippen molar-refractivity contribution in [2.45, 2.75) is 50.2 Å². The number of nitrogens with two attached hydrogens (primary N) is 1. The quantitative estimate of drug-likeness (QED) is 0.846. The third kappa shape index (κ3) is 3.85. The van der Waals surface area contributed by atoms with Crippen LogP contribution in [0.1, 0.15) is 38.4 Å². The molecule has 1 saturated heterocycles. The van der Waals surface area contributed by atoms with Gasteiger partial charge >= 0.3 is 0 Å². The van der Waals surface area contributed by atoms with Gasteiger partial charge in [-0.1, -0.05) is 0 Å². The first-order valence-electron chi connectivity index (χ1n) is 7.45. The van der Waals surface area contributed by atoms with E-state index in [9.17, 15) is 8.42 Å². The van der Waals surface area contributed by atoms with Crippen molar-refractivity contribution < 1.29 is 8.42 Å². The van der Waals surface area contributed by atoms with Crippen LogP contribution in [-0.4, -0.2) is 44.1 Å². The number of nitrogens with one attached hydrogen (secondary N) is 1. The maximum absolute atomic E-state index is 12.5. The van der Waals surface area contributed by atoms with Crippen molar-refractivity contribution in [3.63, 3.8) is 0 Å². The number of sulfonamides is 1. The summed E-state index contributed by atoms with van der Waals surface area (Å²) in [5.41, 5.74) is 6.54. The summed E-state index contributed by atoms with van der Waals surface area (Å²) < 4.78 is 29.8. The predicted octanol–water partition coefficient (Wildman–Crippen LogP) is 0.900. The first-order valence-corrected chi connectivity index (χ1v) is 8.93. The van der Waals surface area contributed by atoms with Gasteiger partial charge in [0.25, 0.3) is 0 Å². The summed E-state index contributed by atoms with van der Waals surface area (Å²) in [5.74, 6) is 0. The summed E-state index contributed by atoms with van der Waals surface area (Å²) in [6, 6.07) is 1.89. The highest BCUT2D eigenvalue weighted by Gasteiger charge is 2.25. The molecule has 0 aromatic carbocycles. The molecule has 0 atom stereocenters. The molecular weight excluding hydrogens is 288 g/mol. The van der Waals surface area contributed by atoms with Crippen molar-refractivity contribution in [3.8, 4) is 0 Å². The molecule has 3 N–H and O–H groups in total. The van der Waals surface area contributed by atoms with Crippen LogP contribution in [0.5, 0.6) is 0 Å². The summed E-state index contributed by atoms with van der Waals surface area (Å²) >= 11 is 0. The lowest BCUT2D eigenvalue weighted by Gasteiger charge is -2.29. The molecule has 0 spiro atoms. The average Bonchev–Trinajstić information content (AvgIpc) is 2.86. The number of piperidine rings is 1. The minimum atomic E-state index is -3.47. The van der Waals surface area contributed by atoms with E-state index in [4.69, 9.17) is 5.73 Å². The van der Waals surface area contributed by atoms with Crippen molar-refractivity contribution in [1.29, 1.82) is 0 Å². The molecule has 6 nitrogen and oxygen atoms in total. The lowest BCUT2D eigenvalue weighted by atomic mass is 10.1. The van der Waals surface area contributed by atoms with E-state index in [0.717, 1.165) is 31.6 Å². The van der Waals surface area contributed by atoms with Crippen LogP contribution in [0, 0.1) is 0 Å². The number of rotatable bonds is 5. The molecule has 0 aliphatic carbocycles. The second-order valence-corrected chi connectivity index (χ2v) is 7.79. The zero-order valence-corrected chi connectivity index (χ0v) is 13.9. The van der Waals surface area contributed by atoms with E-state index in [-0.39, 0.29) is 12.1 Å². The van der Waals surface area contributed by atoms with Gasteiger partial charge in [0.05, 0.1) is 4.90 Å². The van der Waals surface area contributed by atoms with Crippen molar-refractivity contribution in [3.05, 3.63) is 18.0 Å². The number of hydrogen-bond donors (Lipinski definition) is 2. The lowest BCUT2D eigenvalue weighted by molar-refractivity contribution is 0.248. The lowest BCUT2D eigenvalue weighted by Crippen LogP contribution is -2.43. The molecule has 21 heavy (non-hydrogen) atoms. The molecule has 2 heterocycles. The maximum atomic E-state index is 12.5. The highest BCUT2D eigenvalue weighted by atomic mass is 32.2. The molecule has 0 bridgehead atoms. The molecule has 120 valence electrons. The topological polar surface area (TPSA) is 80.4 Å². The summed E-state index contributed by atoms with van der Waals surface area (Å²) in [5, 5.41) is 0. The fourth-order valence-electron chi connectivity index (χ4n) is 2.70. The molecule has 0 saturated carbocycles. The molecule has 0 amide bonds. The molecule has 2 rings (SSSR count). The van der Waals surface area contributed by atoms with Crippen molar-refractivity contribution in [2.24, 2.45) is 5.73 Å². The molecular formula is C14H26N4O2S. The fraction of sp³-hybridized carbons (Fsp3) is 0.714. The Bertz CT molecular complexity index is 572.